The smallest absolute Gasteiger partial charge is 0.253 e. The summed E-state index contributed by atoms with van der Waals surface area (Å²) in [4.78, 5) is 35.6. The van der Waals surface area contributed by atoms with Crippen LogP contribution in [0.2, 0.25) is 10.0 Å². The van der Waals surface area contributed by atoms with Crippen LogP contribution in [-0.4, -0.2) is 24.1 Å². The monoisotopic (exact) mass is 393 g/mol. The van der Waals surface area contributed by atoms with Crippen molar-refractivity contribution in [3.8, 4) is 6.07 Å². The summed E-state index contributed by atoms with van der Waals surface area (Å²) in [6.07, 6.45) is 0. The minimum Gasteiger partial charge on any atom is -0.443 e. The van der Waals surface area contributed by atoms with Gasteiger partial charge in [-0.05, 0) is 32.0 Å². The molecule has 0 spiro atoms. The number of hydrogen-bond donors (Lipinski definition) is 2. The Kier molecular flexibility index (Phi) is 6.03. The normalized spacial score (nSPS) is 10.1. The molecule has 0 atom stereocenters. The summed E-state index contributed by atoms with van der Waals surface area (Å²) in [7, 11) is 0. The van der Waals surface area contributed by atoms with E-state index in [1.54, 1.807) is 0 Å². The third kappa shape index (κ3) is 4.23. The number of nitrogens with one attached hydrogen (secondary N) is 2. The number of nitriles is 1. The third-order valence-corrected chi connectivity index (χ3v) is 3.93. The number of ketones is 1. The highest BCUT2D eigenvalue weighted by atomic mass is 35.5. The molecule has 0 bridgehead atoms. The summed E-state index contributed by atoms with van der Waals surface area (Å²) in [5, 5.41) is 14.5. The summed E-state index contributed by atoms with van der Waals surface area (Å²) in [5.74, 6) is -1.47. The van der Waals surface area contributed by atoms with Crippen LogP contribution in [0.25, 0.3) is 0 Å². The molecule has 0 aliphatic carbocycles. The Bertz CT molecular complexity index is 944. The quantitative estimate of drug-likeness (QED) is 0.756. The van der Waals surface area contributed by atoms with Crippen LogP contribution in [0.1, 0.15) is 39.0 Å². The van der Waals surface area contributed by atoms with Gasteiger partial charge in [-0.1, -0.05) is 23.2 Å². The summed E-state index contributed by atoms with van der Waals surface area (Å²) in [6, 6.07) is 6.17. The van der Waals surface area contributed by atoms with Gasteiger partial charge in [-0.25, -0.2) is 0 Å². The standard InChI is InChI=1S/C17H13Cl2N3O4/c1-8(23)15-9(2)26-17(12(15)6-20)22-14(24)7-21-16(25)11-4-3-10(18)5-13(11)19/h3-5H,7H2,1-2H3,(H,21,25)(H,22,24). The lowest BCUT2D eigenvalue weighted by atomic mass is 10.1. The van der Waals surface area contributed by atoms with Crippen LogP contribution < -0.4 is 10.6 Å². The molecule has 0 fully saturated rings. The summed E-state index contributed by atoms with van der Waals surface area (Å²) in [6.45, 7) is 2.41. The van der Waals surface area contributed by atoms with Crippen molar-refractivity contribution in [3.63, 3.8) is 0 Å². The zero-order valence-electron chi connectivity index (χ0n) is 13.8. The molecule has 2 N–H and O–H groups in total. The first kappa shape index (κ1) is 19.5. The molecule has 0 aliphatic heterocycles. The van der Waals surface area contributed by atoms with Crippen molar-refractivity contribution in [2.75, 3.05) is 11.9 Å². The highest BCUT2D eigenvalue weighted by Gasteiger charge is 2.22. The van der Waals surface area contributed by atoms with Gasteiger partial charge in [0.1, 0.15) is 17.4 Å². The number of halogens is 2. The Balaban J connectivity index is 2.06. The third-order valence-electron chi connectivity index (χ3n) is 3.39. The minimum atomic E-state index is -0.635. The number of benzene rings is 1. The minimum absolute atomic E-state index is 0.0598. The molecule has 9 heteroatoms. The highest BCUT2D eigenvalue weighted by Crippen LogP contribution is 2.26. The number of carbonyl (C=O) groups is 3. The maximum atomic E-state index is 12.1. The van der Waals surface area contributed by atoms with E-state index in [2.05, 4.69) is 10.6 Å². The molecule has 0 saturated carbocycles. The van der Waals surface area contributed by atoms with Crippen molar-refractivity contribution in [3.05, 3.63) is 50.7 Å². The zero-order valence-corrected chi connectivity index (χ0v) is 15.3. The van der Waals surface area contributed by atoms with Gasteiger partial charge < -0.3 is 9.73 Å². The fraction of sp³-hybridized carbons (Fsp3) is 0.176. The Morgan fingerprint density at radius 3 is 2.54 bits per heavy atom. The van der Waals surface area contributed by atoms with E-state index >= 15 is 0 Å². The van der Waals surface area contributed by atoms with E-state index in [1.165, 1.54) is 32.0 Å². The van der Waals surface area contributed by atoms with Gasteiger partial charge in [0.25, 0.3) is 5.91 Å². The van der Waals surface area contributed by atoms with E-state index in [0.717, 1.165) is 0 Å². The molecule has 0 radical (unpaired) electrons. The number of Topliss-reactive ketones (excluding diaryl/α,β-unsaturated/α-hetero) is 1. The van der Waals surface area contributed by atoms with Crippen molar-refractivity contribution in [1.29, 1.82) is 5.26 Å². The van der Waals surface area contributed by atoms with E-state index in [1.807, 2.05) is 6.07 Å². The molecule has 2 amide bonds. The Labute approximate surface area is 158 Å². The van der Waals surface area contributed by atoms with Gasteiger partial charge in [-0.2, -0.15) is 5.26 Å². The van der Waals surface area contributed by atoms with Crippen LogP contribution in [0.5, 0.6) is 0 Å². The first-order valence-electron chi connectivity index (χ1n) is 7.32. The van der Waals surface area contributed by atoms with Crippen LogP contribution in [-0.2, 0) is 4.79 Å². The molecule has 1 heterocycles. The lowest BCUT2D eigenvalue weighted by Crippen LogP contribution is -2.33. The molecule has 0 aliphatic rings. The van der Waals surface area contributed by atoms with E-state index in [4.69, 9.17) is 27.6 Å². The molecule has 7 nitrogen and oxygen atoms in total. The van der Waals surface area contributed by atoms with E-state index in [-0.39, 0.29) is 39.1 Å². The Hall–Kier alpha value is -2.82. The SMILES string of the molecule is CC(=O)c1c(C)oc(NC(=O)CNC(=O)c2ccc(Cl)cc2Cl)c1C#N. The van der Waals surface area contributed by atoms with Crippen molar-refractivity contribution < 1.29 is 18.8 Å². The number of anilines is 1. The fourth-order valence-corrected chi connectivity index (χ4v) is 2.76. The van der Waals surface area contributed by atoms with Gasteiger partial charge in [-0.15, -0.1) is 0 Å². The lowest BCUT2D eigenvalue weighted by molar-refractivity contribution is -0.115. The number of furan rings is 1. The average molecular weight is 394 g/mol. The molecule has 2 aromatic rings. The van der Waals surface area contributed by atoms with Crippen molar-refractivity contribution in [2.24, 2.45) is 0 Å². The first-order valence-corrected chi connectivity index (χ1v) is 8.07. The number of rotatable bonds is 5. The zero-order chi connectivity index (χ0) is 19.4. The molecule has 0 saturated heterocycles. The van der Waals surface area contributed by atoms with Gasteiger partial charge in [0.15, 0.2) is 5.78 Å². The van der Waals surface area contributed by atoms with Crippen molar-refractivity contribution >= 4 is 46.7 Å². The molecule has 26 heavy (non-hydrogen) atoms. The van der Waals surface area contributed by atoms with Crippen molar-refractivity contribution in [1.82, 2.24) is 5.32 Å². The molecule has 0 unspecified atom stereocenters. The van der Waals surface area contributed by atoms with Gasteiger partial charge in [0, 0.05) is 5.02 Å². The molecular weight excluding hydrogens is 381 g/mol. The summed E-state index contributed by atoms with van der Waals surface area (Å²) in [5.41, 5.74) is 0.212. The van der Waals surface area contributed by atoms with E-state index < -0.39 is 18.4 Å². The first-order chi connectivity index (χ1) is 12.2. The van der Waals surface area contributed by atoms with Crippen LogP contribution in [0, 0.1) is 18.3 Å². The average Bonchev–Trinajstić information content (AvgIpc) is 2.87. The number of aryl methyl sites for hydroxylation is 1. The predicted octanol–water partition coefficient (Wildman–Crippen LogP) is 3.34. The number of hydrogen-bond acceptors (Lipinski definition) is 5. The number of nitrogens with zero attached hydrogens (tertiary/aromatic N) is 1. The fourth-order valence-electron chi connectivity index (χ4n) is 2.26. The second-order valence-electron chi connectivity index (χ2n) is 5.26. The number of amides is 2. The largest absolute Gasteiger partial charge is 0.443 e. The molecule has 1 aromatic heterocycles. The van der Waals surface area contributed by atoms with Gasteiger partial charge in [0.2, 0.25) is 11.8 Å². The van der Waals surface area contributed by atoms with Gasteiger partial charge in [-0.3, -0.25) is 19.7 Å². The summed E-state index contributed by atoms with van der Waals surface area (Å²) >= 11 is 11.7. The molecule has 1 aromatic carbocycles. The molecule has 2 rings (SSSR count). The Morgan fingerprint density at radius 1 is 1.27 bits per heavy atom. The van der Waals surface area contributed by atoms with E-state index in [0.29, 0.717) is 5.02 Å². The maximum absolute atomic E-state index is 12.1. The van der Waals surface area contributed by atoms with E-state index in [9.17, 15) is 19.6 Å². The second-order valence-corrected chi connectivity index (χ2v) is 6.10. The van der Waals surface area contributed by atoms with Crippen molar-refractivity contribution in [2.45, 2.75) is 13.8 Å². The van der Waals surface area contributed by atoms with Crippen LogP contribution in [0.15, 0.2) is 22.6 Å². The second kappa shape index (κ2) is 8.04. The van der Waals surface area contributed by atoms with Crippen LogP contribution in [0.3, 0.4) is 0 Å². The molecular formula is C17H13Cl2N3O4. The Morgan fingerprint density at radius 2 is 1.96 bits per heavy atom. The topological polar surface area (TPSA) is 112 Å². The van der Waals surface area contributed by atoms with Gasteiger partial charge >= 0.3 is 0 Å². The predicted molar refractivity (Wildman–Crippen MR) is 95.6 cm³/mol. The molecule has 134 valence electrons. The number of carbonyl (C=O) groups excluding carboxylic acids is 3. The van der Waals surface area contributed by atoms with Gasteiger partial charge in [0.05, 0.1) is 22.7 Å². The highest BCUT2D eigenvalue weighted by molar-refractivity contribution is 6.36. The maximum Gasteiger partial charge on any atom is 0.253 e. The lowest BCUT2D eigenvalue weighted by Gasteiger charge is -2.07. The van der Waals surface area contributed by atoms with Crippen LogP contribution >= 0.6 is 23.2 Å². The van der Waals surface area contributed by atoms with Crippen LogP contribution in [0.4, 0.5) is 5.88 Å². The summed E-state index contributed by atoms with van der Waals surface area (Å²) < 4.78 is 5.27.